The van der Waals surface area contributed by atoms with Gasteiger partial charge in [-0.3, -0.25) is 9.36 Å². The molecule has 0 spiro atoms. The van der Waals surface area contributed by atoms with Crippen LogP contribution >= 0.6 is 0 Å². The van der Waals surface area contributed by atoms with Gasteiger partial charge in [0.05, 0.1) is 43.4 Å². The highest BCUT2D eigenvalue weighted by atomic mass is 16.5. The smallest absolute Gasteiger partial charge is 0.343 e. The van der Waals surface area contributed by atoms with Crippen molar-refractivity contribution < 1.29 is 14.3 Å². The van der Waals surface area contributed by atoms with Gasteiger partial charge in [-0.05, 0) is 30.9 Å². The zero-order chi connectivity index (χ0) is 32.9. The number of carbonyl (C=O) groups is 1. The average Bonchev–Trinajstić information content (AvgIpc) is 3.65. The van der Waals surface area contributed by atoms with Crippen molar-refractivity contribution >= 4 is 29.1 Å². The van der Waals surface area contributed by atoms with Crippen molar-refractivity contribution in [2.75, 3.05) is 44.0 Å². The minimum absolute atomic E-state index is 0. The Kier molecular flexibility index (Phi) is 15.1. The first kappa shape index (κ1) is 37.7. The second-order valence-corrected chi connectivity index (χ2v) is 11.1. The number of ether oxygens (including phenoxy) is 2. The SMILES string of the molecule is C.CC.CCOC(=O)c1cnc(Nc2cnn(CCN(CC(C)C)CC(C)C)c2)nc1Nc1cccc(-c2ncn(C)n2)c1OC. The normalized spacial score (nSPS) is 10.8. The summed E-state index contributed by atoms with van der Waals surface area (Å²) in [7, 11) is 3.36. The predicted octanol–water partition coefficient (Wildman–Crippen LogP) is 6.42. The third-order valence-electron chi connectivity index (χ3n) is 6.38. The lowest BCUT2D eigenvalue weighted by atomic mass is 10.1. The molecule has 13 heteroatoms. The molecule has 0 unspecified atom stereocenters. The fourth-order valence-electron chi connectivity index (χ4n) is 4.73. The molecule has 46 heavy (non-hydrogen) atoms. The van der Waals surface area contributed by atoms with E-state index in [2.05, 4.69) is 68.4 Å². The first-order valence-electron chi connectivity index (χ1n) is 15.5. The summed E-state index contributed by atoms with van der Waals surface area (Å²) in [5.41, 5.74) is 2.17. The number of carbonyl (C=O) groups excluding carboxylic acids is 1. The Morgan fingerprint density at radius 3 is 2.37 bits per heavy atom. The van der Waals surface area contributed by atoms with E-state index >= 15 is 0 Å². The van der Waals surface area contributed by atoms with Crippen molar-refractivity contribution in [3.63, 3.8) is 0 Å². The van der Waals surface area contributed by atoms with E-state index in [1.54, 1.807) is 38.3 Å². The number of aromatic nitrogens is 7. The molecule has 0 saturated heterocycles. The standard InChI is InChI=1S/C30H42N10O3.C2H6.CH4/c1-8-43-29(41)24-15-31-30(34-22-14-33-40(18-22)13-12-39(16-20(2)3)17-21(4)5)36-28(24)35-25-11-9-10-23(26(25)42-7)27-32-19-38(6)37-27;1-2;/h9-11,14-15,18-21H,8,12-13,16-17H2,1-7H3,(H2,31,34,35,36);1-2H3;1H4. The Morgan fingerprint density at radius 1 is 1.04 bits per heavy atom. The van der Waals surface area contributed by atoms with Gasteiger partial charge >= 0.3 is 5.97 Å². The number of hydrogen-bond donors (Lipinski definition) is 2. The third-order valence-corrected chi connectivity index (χ3v) is 6.38. The van der Waals surface area contributed by atoms with Crippen LogP contribution in [0.5, 0.6) is 5.75 Å². The summed E-state index contributed by atoms with van der Waals surface area (Å²) in [6, 6.07) is 5.53. The summed E-state index contributed by atoms with van der Waals surface area (Å²) in [6.45, 7) is 18.7. The van der Waals surface area contributed by atoms with E-state index in [4.69, 9.17) is 9.47 Å². The van der Waals surface area contributed by atoms with Crippen LogP contribution in [0, 0.1) is 11.8 Å². The van der Waals surface area contributed by atoms with E-state index in [9.17, 15) is 4.79 Å². The molecule has 0 atom stereocenters. The van der Waals surface area contributed by atoms with Crippen LogP contribution in [0.25, 0.3) is 11.4 Å². The lowest BCUT2D eigenvalue weighted by Crippen LogP contribution is -2.34. The summed E-state index contributed by atoms with van der Waals surface area (Å²) in [4.78, 5) is 28.6. The van der Waals surface area contributed by atoms with Crippen molar-refractivity contribution in [2.45, 2.75) is 62.4 Å². The van der Waals surface area contributed by atoms with Crippen molar-refractivity contribution in [1.29, 1.82) is 0 Å². The van der Waals surface area contributed by atoms with Gasteiger partial charge in [0.25, 0.3) is 0 Å². The lowest BCUT2D eigenvalue weighted by molar-refractivity contribution is 0.0526. The number of methoxy groups -OCH3 is 1. The van der Waals surface area contributed by atoms with Crippen molar-refractivity contribution in [3.8, 4) is 17.1 Å². The van der Waals surface area contributed by atoms with Crippen LogP contribution in [-0.4, -0.2) is 78.7 Å². The molecule has 0 aliphatic heterocycles. The molecule has 0 saturated carbocycles. The van der Waals surface area contributed by atoms with Crippen molar-refractivity contribution in [1.82, 2.24) is 39.4 Å². The monoisotopic (exact) mass is 636 g/mol. The number of aryl methyl sites for hydroxylation is 1. The molecule has 4 rings (SSSR count). The molecule has 0 bridgehead atoms. The minimum Gasteiger partial charge on any atom is -0.494 e. The molecular formula is C33H52N10O3. The van der Waals surface area contributed by atoms with Gasteiger partial charge in [0, 0.05) is 39.1 Å². The van der Waals surface area contributed by atoms with Crippen LogP contribution in [0.4, 0.5) is 23.1 Å². The summed E-state index contributed by atoms with van der Waals surface area (Å²) in [5, 5.41) is 15.4. The second-order valence-electron chi connectivity index (χ2n) is 11.1. The van der Waals surface area contributed by atoms with E-state index in [0.29, 0.717) is 34.7 Å². The zero-order valence-corrected chi connectivity index (χ0v) is 28.0. The number of esters is 1. The van der Waals surface area contributed by atoms with Gasteiger partial charge in [0.2, 0.25) is 5.95 Å². The van der Waals surface area contributed by atoms with Gasteiger partial charge in [0.15, 0.2) is 17.4 Å². The number of hydrogen-bond acceptors (Lipinski definition) is 11. The quantitative estimate of drug-likeness (QED) is 0.140. The molecule has 0 fully saturated rings. The maximum absolute atomic E-state index is 12.8. The van der Waals surface area contributed by atoms with Gasteiger partial charge in [-0.15, -0.1) is 0 Å². The molecule has 4 aromatic rings. The number of nitrogens with one attached hydrogen (secondary N) is 2. The van der Waals surface area contributed by atoms with Crippen LogP contribution in [0.2, 0.25) is 0 Å². The van der Waals surface area contributed by atoms with Crippen LogP contribution in [0.15, 0.2) is 43.1 Å². The van der Waals surface area contributed by atoms with E-state index in [-0.39, 0.29) is 31.4 Å². The van der Waals surface area contributed by atoms with Crippen molar-refractivity contribution in [2.24, 2.45) is 18.9 Å². The van der Waals surface area contributed by atoms with Crippen LogP contribution in [-0.2, 0) is 18.3 Å². The summed E-state index contributed by atoms with van der Waals surface area (Å²) in [5.74, 6) is 2.21. The zero-order valence-electron chi connectivity index (χ0n) is 28.0. The molecule has 2 N–H and O–H groups in total. The second kappa shape index (κ2) is 18.4. The van der Waals surface area contributed by atoms with E-state index in [0.717, 1.165) is 31.9 Å². The van der Waals surface area contributed by atoms with Gasteiger partial charge in [-0.25, -0.2) is 14.8 Å². The first-order valence-corrected chi connectivity index (χ1v) is 15.5. The molecule has 0 aliphatic carbocycles. The van der Waals surface area contributed by atoms with Gasteiger partial charge in [0.1, 0.15) is 11.9 Å². The number of anilines is 4. The maximum Gasteiger partial charge on any atom is 0.343 e. The topological polar surface area (TPSA) is 137 Å². The highest BCUT2D eigenvalue weighted by Gasteiger charge is 2.20. The van der Waals surface area contributed by atoms with E-state index in [1.165, 1.54) is 6.20 Å². The average molecular weight is 637 g/mol. The van der Waals surface area contributed by atoms with Crippen LogP contribution in [0.3, 0.4) is 0 Å². The highest BCUT2D eigenvalue weighted by Crippen LogP contribution is 2.36. The number of para-hydroxylation sites is 1. The summed E-state index contributed by atoms with van der Waals surface area (Å²) in [6.07, 6.45) is 6.71. The van der Waals surface area contributed by atoms with Crippen LogP contribution < -0.4 is 15.4 Å². The fraction of sp³-hybridized carbons (Fsp3) is 0.515. The highest BCUT2D eigenvalue weighted by molar-refractivity contribution is 5.96. The van der Waals surface area contributed by atoms with Crippen molar-refractivity contribution in [3.05, 3.63) is 48.7 Å². The van der Waals surface area contributed by atoms with E-state index < -0.39 is 5.97 Å². The molecule has 0 radical (unpaired) electrons. The molecule has 252 valence electrons. The summed E-state index contributed by atoms with van der Waals surface area (Å²) < 4.78 is 14.5. The molecule has 0 amide bonds. The van der Waals surface area contributed by atoms with Gasteiger partial charge in [-0.2, -0.15) is 15.2 Å². The Labute approximate surface area is 273 Å². The molecular weight excluding hydrogens is 584 g/mol. The Balaban J connectivity index is 0.00000241. The van der Waals surface area contributed by atoms with Crippen LogP contribution in [0.1, 0.15) is 66.3 Å². The minimum atomic E-state index is -0.543. The first-order chi connectivity index (χ1) is 21.7. The Bertz CT molecular complexity index is 1490. The molecule has 3 aromatic heterocycles. The van der Waals surface area contributed by atoms with Gasteiger partial charge in [-0.1, -0.05) is 55.0 Å². The predicted molar refractivity (Wildman–Crippen MR) is 184 cm³/mol. The molecule has 13 nitrogen and oxygen atoms in total. The van der Waals surface area contributed by atoms with E-state index in [1.807, 2.05) is 42.9 Å². The molecule has 1 aromatic carbocycles. The summed E-state index contributed by atoms with van der Waals surface area (Å²) >= 11 is 0. The largest absolute Gasteiger partial charge is 0.494 e. The third kappa shape index (κ3) is 10.5. The maximum atomic E-state index is 12.8. The fourth-order valence-corrected chi connectivity index (χ4v) is 4.73. The number of rotatable bonds is 15. The lowest BCUT2D eigenvalue weighted by Gasteiger charge is -2.25. The number of nitrogens with zero attached hydrogens (tertiary/aromatic N) is 8. The molecule has 3 heterocycles. The Morgan fingerprint density at radius 2 is 1.76 bits per heavy atom. The van der Waals surface area contributed by atoms with Gasteiger partial charge < -0.3 is 25.0 Å². The number of benzene rings is 1. The molecule has 0 aliphatic rings. The Hall–Kier alpha value is -4.52.